The van der Waals surface area contributed by atoms with Gasteiger partial charge in [-0.2, -0.15) is 0 Å². The Labute approximate surface area is 107 Å². The van der Waals surface area contributed by atoms with Crippen LogP contribution in [0.5, 0.6) is 0 Å². The molecule has 1 aliphatic carbocycles. The average molecular weight is 252 g/mol. The van der Waals surface area contributed by atoms with Crippen molar-refractivity contribution >= 4 is 6.01 Å². The number of hydrogen-bond acceptors (Lipinski definition) is 6. The molecule has 0 spiro atoms. The Morgan fingerprint density at radius 2 is 2.28 bits per heavy atom. The molecule has 0 amide bonds. The maximum absolute atomic E-state index is 5.68. The molecular weight excluding hydrogens is 232 g/mol. The number of hydrogen-bond donors (Lipinski definition) is 1. The summed E-state index contributed by atoms with van der Waals surface area (Å²) in [6.45, 7) is 2.49. The van der Waals surface area contributed by atoms with Gasteiger partial charge in [-0.1, -0.05) is 5.10 Å². The van der Waals surface area contributed by atoms with Crippen LogP contribution >= 0.6 is 0 Å². The van der Waals surface area contributed by atoms with Gasteiger partial charge in [0.15, 0.2) is 0 Å². The lowest BCUT2D eigenvalue weighted by atomic mass is 10.1. The van der Waals surface area contributed by atoms with Crippen molar-refractivity contribution in [3.8, 4) is 0 Å². The zero-order chi connectivity index (χ0) is 12.4. The quantitative estimate of drug-likeness (QED) is 0.841. The molecule has 0 radical (unpaired) electrons. The van der Waals surface area contributed by atoms with Crippen LogP contribution in [0.4, 0.5) is 6.01 Å². The van der Waals surface area contributed by atoms with Gasteiger partial charge in [-0.15, -0.1) is 5.10 Å². The average Bonchev–Trinajstić information content (AvgIpc) is 3.13. The zero-order valence-electron chi connectivity index (χ0n) is 10.8. The van der Waals surface area contributed by atoms with Gasteiger partial charge in [-0.3, -0.25) is 0 Å². The van der Waals surface area contributed by atoms with Crippen LogP contribution in [0.1, 0.15) is 31.6 Å². The summed E-state index contributed by atoms with van der Waals surface area (Å²) in [6.07, 6.45) is 5.03. The molecule has 3 rings (SSSR count). The highest BCUT2D eigenvalue weighted by Crippen LogP contribution is 2.21. The van der Waals surface area contributed by atoms with Crippen molar-refractivity contribution in [3.05, 3.63) is 5.89 Å². The summed E-state index contributed by atoms with van der Waals surface area (Å²) in [7, 11) is 1.76. The summed E-state index contributed by atoms with van der Waals surface area (Å²) in [6, 6.07) is 1.29. The van der Waals surface area contributed by atoms with Crippen molar-refractivity contribution < 1.29 is 9.15 Å². The molecule has 2 heterocycles. The second-order valence-corrected chi connectivity index (χ2v) is 5.08. The summed E-state index contributed by atoms with van der Waals surface area (Å²) >= 11 is 0. The van der Waals surface area contributed by atoms with Crippen LogP contribution in [-0.4, -0.2) is 42.5 Å². The number of piperidine rings is 1. The van der Waals surface area contributed by atoms with Crippen LogP contribution in [-0.2, 0) is 11.3 Å². The second-order valence-electron chi connectivity index (χ2n) is 5.08. The maximum Gasteiger partial charge on any atom is 0.318 e. The van der Waals surface area contributed by atoms with Crippen LogP contribution in [0.3, 0.4) is 0 Å². The fourth-order valence-corrected chi connectivity index (χ4v) is 2.27. The molecule has 18 heavy (non-hydrogen) atoms. The van der Waals surface area contributed by atoms with Crippen LogP contribution in [0.25, 0.3) is 0 Å². The Kier molecular flexibility index (Phi) is 3.47. The van der Waals surface area contributed by atoms with Gasteiger partial charge >= 0.3 is 6.01 Å². The van der Waals surface area contributed by atoms with Gasteiger partial charge in [0.25, 0.3) is 0 Å². The number of ether oxygens (including phenoxy) is 1. The molecule has 6 nitrogen and oxygen atoms in total. The fraction of sp³-hybridized carbons (Fsp3) is 0.833. The molecule has 1 N–H and O–H groups in total. The van der Waals surface area contributed by atoms with Crippen LogP contribution in [0.2, 0.25) is 0 Å². The van der Waals surface area contributed by atoms with E-state index >= 15 is 0 Å². The standard InChI is InChI=1S/C12H20N4O2/c1-17-10-3-2-6-16(8-10)12-15-14-11(18-12)7-13-9-4-5-9/h9-10,13H,2-8H2,1H3. The van der Waals surface area contributed by atoms with Crippen molar-refractivity contribution in [1.29, 1.82) is 0 Å². The number of nitrogens with zero attached hydrogens (tertiary/aromatic N) is 3. The summed E-state index contributed by atoms with van der Waals surface area (Å²) in [4.78, 5) is 2.12. The Morgan fingerprint density at radius 1 is 1.39 bits per heavy atom. The second kappa shape index (κ2) is 5.24. The normalized spacial score (nSPS) is 24.5. The molecular formula is C12H20N4O2. The molecule has 100 valence electrons. The molecule has 1 saturated heterocycles. The summed E-state index contributed by atoms with van der Waals surface area (Å²) in [5.74, 6) is 0.677. The third kappa shape index (κ3) is 2.81. The van der Waals surface area contributed by atoms with Crippen LogP contribution in [0.15, 0.2) is 4.42 Å². The number of nitrogens with one attached hydrogen (secondary N) is 1. The summed E-state index contributed by atoms with van der Waals surface area (Å²) in [5, 5.41) is 11.6. The van der Waals surface area contributed by atoms with E-state index in [4.69, 9.17) is 9.15 Å². The first-order valence-corrected chi connectivity index (χ1v) is 6.68. The molecule has 1 aromatic rings. The number of rotatable bonds is 5. The van der Waals surface area contributed by atoms with Crippen molar-refractivity contribution in [3.63, 3.8) is 0 Å². The molecule has 1 unspecified atom stereocenters. The van der Waals surface area contributed by atoms with E-state index in [2.05, 4.69) is 20.4 Å². The monoisotopic (exact) mass is 252 g/mol. The molecule has 1 aromatic heterocycles. The smallest absolute Gasteiger partial charge is 0.318 e. The minimum atomic E-state index is 0.277. The first-order valence-electron chi connectivity index (χ1n) is 6.68. The molecule has 2 fully saturated rings. The molecule has 0 bridgehead atoms. The first-order chi connectivity index (χ1) is 8.85. The van der Waals surface area contributed by atoms with E-state index in [0.29, 0.717) is 24.5 Å². The third-order valence-corrected chi connectivity index (χ3v) is 3.56. The van der Waals surface area contributed by atoms with Crippen molar-refractivity contribution in [2.45, 2.75) is 44.4 Å². The lowest BCUT2D eigenvalue weighted by Crippen LogP contribution is -2.39. The van der Waals surface area contributed by atoms with Gasteiger partial charge in [0, 0.05) is 26.2 Å². The van der Waals surface area contributed by atoms with Crippen molar-refractivity contribution in [1.82, 2.24) is 15.5 Å². The third-order valence-electron chi connectivity index (χ3n) is 3.56. The lowest BCUT2D eigenvalue weighted by Gasteiger charge is -2.30. The van der Waals surface area contributed by atoms with Crippen molar-refractivity contribution in [2.75, 3.05) is 25.1 Å². The number of aromatic nitrogens is 2. The SMILES string of the molecule is COC1CCCN(c2nnc(CNC3CC3)o2)C1. The summed E-state index contributed by atoms with van der Waals surface area (Å²) < 4.78 is 11.1. The van der Waals surface area contributed by atoms with E-state index in [1.54, 1.807) is 7.11 Å². The highest BCUT2D eigenvalue weighted by molar-refractivity contribution is 5.25. The van der Waals surface area contributed by atoms with Gasteiger partial charge < -0.3 is 19.4 Å². The Hall–Kier alpha value is -1.14. The first kappa shape index (κ1) is 11.9. The van der Waals surface area contributed by atoms with E-state index in [-0.39, 0.29) is 6.10 Å². The molecule has 0 aromatic carbocycles. The topological polar surface area (TPSA) is 63.4 Å². The van der Waals surface area contributed by atoms with Gasteiger partial charge in [0.2, 0.25) is 5.89 Å². The number of methoxy groups -OCH3 is 1. The summed E-state index contributed by atoms with van der Waals surface area (Å²) in [5.41, 5.74) is 0. The predicted octanol–water partition coefficient (Wildman–Crippen LogP) is 0.937. The molecule has 1 saturated carbocycles. The van der Waals surface area contributed by atoms with Crippen LogP contribution in [0, 0.1) is 0 Å². The van der Waals surface area contributed by atoms with E-state index in [1.807, 2.05) is 0 Å². The fourth-order valence-electron chi connectivity index (χ4n) is 2.27. The Morgan fingerprint density at radius 3 is 3.06 bits per heavy atom. The van der Waals surface area contributed by atoms with E-state index in [9.17, 15) is 0 Å². The minimum Gasteiger partial charge on any atom is -0.407 e. The van der Waals surface area contributed by atoms with Crippen molar-refractivity contribution in [2.24, 2.45) is 0 Å². The molecule has 2 aliphatic rings. The Bertz CT molecular complexity index is 391. The molecule has 1 aliphatic heterocycles. The largest absolute Gasteiger partial charge is 0.407 e. The van der Waals surface area contributed by atoms with Gasteiger partial charge in [0.05, 0.1) is 12.6 Å². The van der Waals surface area contributed by atoms with E-state index in [1.165, 1.54) is 12.8 Å². The van der Waals surface area contributed by atoms with Crippen LogP contribution < -0.4 is 10.2 Å². The van der Waals surface area contributed by atoms with E-state index < -0.39 is 0 Å². The highest BCUT2D eigenvalue weighted by atomic mass is 16.5. The lowest BCUT2D eigenvalue weighted by molar-refractivity contribution is 0.0879. The highest BCUT2D eigenvalue weighted by Gasteiger charge is 2.24. The predicted molar refractivity (Wildman–Crippen MR) is 66.4 cm³/mol. The van der Waals surface area contributed by atoms with E-state index in [0.717, 1.165) is 25.9 Å². The maximum atomic E-state index is 5.68. The molecule has 6 heteroatoms. The minimum absolute atomic E-state index is 0.277. The Balaban J connectivity index is 1.57. The van der Waals surface area contributed by atoms with Gasteiger partial charge in [0.1, 0.15) is 0 Å². The number of anilines is 1. The van der Waals surface area contributed by atoms with Gasteiger partial charge in [-0.05, 0) is 25.7 Å². The zero-order valence-corrected chi connectivity index (χ0v) is 10.8. The molecule has 1 atom stereocenters. The van der Waals surface area contributed by atoms with Gasteiger partial charge in [-0.25, -0.2) is 0 Å².